The molecule has 0 unspecified atom stereocenters. The smallest absolute Gasteiger partial charge is 0.221 e. The first-order valence-electron chi connectivity index (χ1n) is 6.40. The second-order valence-electron chi connectivity index (χ2n) is 4.86. The van der Waals surface area contributed by atoms with Crippen LogP contribution in [0.4, 0.5) is 0 Å². The van der Waals surface area contributed by atoms with Crippen molar-refractivity contribution in [3.05, 3.63) is 0 Å². The molecule has 96 valence electrons. The second-order valence-corrected chi connectivity index (χ2v) is 5.83. The minimum Gasteiger partial charge on any atom is -0.359 e. The molecule has 0 aromatic carbocycles. The van der Waals surface area contributed by atoms with Crippen molar-refractivity contribution in [3.63, 3.8) is 0 Å². The molecule has 5 heteroatoms. The van der Waals surface area contributed by atoms with Crippen LogP contribution in [0.3, 0.4) is 0 Å². The number of amides is 1. The van der Waals surface area contributed by atoms with Crippen molar-refractivity contribution < 1.29 is 4.79 Å². The van der Waals surface area contributed by atoms with E-state index in [1.807, 2.05) is 11.8 Å². The van der Waals surface area contributed by atoms with Crippen LogP contribution in [-0.2, 0) is 4.79 Å². The molecule has 1 aliphatic heterocycles. The minimum absolute atomic E-state index is 0.0599. The summed E-state index contributed by atoms with van der Waals surface area (Å²) in [6.45, 7) is 0.588. The number of rotatable bonds is 3. The van der Waals surface area contributed by atoms with Crippen molar-refractivity contribution in [1.29, 1.82) is 0 Å². The zero-order chi connectivity index (χ0) is 12.1. The van der Waals surface area contributed by atoms with Crippen LogP contribution in [0.25, 0.3) is 0 Å². The largest absolute Gasteiger partial charge is 0.359 e. The number of carbonyl (C=O) groups excluding carboxylic acids is 1. The van der Waals surface area contributed by atoms with Gasteiger partial charge in [0, 0.05) is 24.8 Å². The van der Waals surface area contributed by atoms with Crippen molar-refractivity contribution in [1.82, 2.24) is 10.6 Å². The fourth-order valence-corrected chi connectivity index (χ4v) is 3.72. The Labute approximate surface area is 107 Å². The predicted molar refractivity (Wildman–Crippen MR) is 72.4 cm³/mol. The monoisotopic (exact) mass is 255 g/mol. The van der Waals surface area contributed by atoms with Crippen molar-refractivity contribution in [3.8, 4) is 0 Å². The Balaban J connectivity index is 1.80. The standard InChI is InChI=1S/C12H21N3OS/c1-13-10(16)5-8-14-11-15-12(9-17-11)6-3-2-4-7-12/h2-9H2,1H3,(H,13,16)(H,14,15). The first kappa shape index (κ1) is 12.7. The summed E-state index contributed by atoms with van der Waals surface area (Å²) < 4.78 is 0. The Morgan fingerprint density at radius 3 is 2.94 bits per heavy atom. The normalized spacial score (nSPS) is 24.9. The zero-order valence-electron chi connectivity index (χ0n) is 10.4. The fraction of sp³-hybridized carbons (Fsp3) is 0.833. The highest BCUT2D eigenvalue weighted by Crippen LogP contribution is 2.35. The lowest BCUT2D eigenvalue weighted by molar-refractivity contribution is -0.120. The number of hydrogen-bond acceptors (Lipinski definition) is 3. The zero-order valence-corrected chi connectivity index (χ0v) is 11.2. The molecule has 1 amide bonds. The molecule has 2 rings (SSSR count). The van der Waals surface area contributed by atoms with Crippen molar-refractivity contribution in [2.45, 2.75) is 44.1 Å². The van der Waals surface area contributed by atoms with Gasteiger partial charge in [-0.15, -0.1) is 0 Å². The maximum atomic E-state index is 11.1. The van der Waals surface area contributed by atoms with E-state index in [1.54, 1.807) is 7.05 Å². The van der Waals surface area contributed by atoms with E-state index < -0.39 is 0 Å². The van der Waals surface area contributed by atoms with E-state index in [4.69, 9.17) is 0 Å². The fourth-order valence-electron chi connectivity index (χ4n) is 2.47. The average molecular weight is 255 g/mol. The molecular weight excluding hydrogens is 234 g/mol. The van der Waals surface area contributed by atoms with Gasteiger partial charge in [0.1, 0.15) is 0 Å². The molecule has 1 saturated heterocycles. The van der Waals surface area contributed by atoms with Crippen LogP contribution in [0, 0.1) is 0 Å². The van der Waals surface area contributed by atoms with Crippen LogP contribution in [0.2, 0.25) is 0 Å². The van der Waals surface area contributed by atoms with Crippen molar-refractivity contribution in [2.24, 2.45) is 4.99 Å². The summed E-state index contributed by atoms with van der Waals surface area (Å²) in [7, 11) is 1.66. The number of carbonyl (C=O) groups is 1. The van der Waals surface area contributed by atoms with Crippen LogP contribution in [0.1, 0.15) is 38.5 Å². The van der Waals surface area contributed by atoms with Crippen molar-refractivity contribution >= 4 is 22.8 Å². The highest BCUT2D eigenvalue weighted by molar-refractivity contribution is 8.14. The minimum atomic E-state index is 0.0599. The number of nitrogens with zero attached hydrogens (tertiary/aromatic N) is 1. The SMILES string of the molecule is CNC(=O)CCN=C1NC2(CCCCC2)CS1. The number of amidine groups is 1. The molecular formula is C12H21N3OS. The second kappa shape index (κ2) is 5.76. The van der Waals surface area contributed by atoms with Gasteiger partial charge in [-0.1, -0.05) is 31.0 Å². The average Bonchev–Trinajstić information content (AvgIpc) is 2.73. The molecule has 0 atom stereocenters. The molecule has 0 aromatic heterocycles. The molecule has 4 nitrogen and oxygen atoms in total. The van der Waals surface area contributed by atoms with E-state index in [1.165, 1.54) is 32.1 Å². The topological polar surface area (TPSA) is 53.5 Å². The lowest BCUT2D eigenvalue weighted by atomic mass is 9.83. The summed E-state index contributed by atoms with van der Waals surface area (Å²) in [5.74, 6) is 1.20. The van der Waals surface area contributed by atoms with Crippen LogP contribution in [0.15, 0.2) is 4.99 Å². The Kier molecular flexibility index (Phi) is 4.31. The Morgan fingerprint density at radius 1 is 1.47 bits per heavy atom. The molecule has 0 bridgehead atoms. The molecule has 1 saturated carbocycles. The third-order valence-corrected chi connectivity index (χ3v) is 4.74. The van der Waals surface area contributed by atoms with E-state index in [-0.39, 0.29) is 5.91 Å². The third-order valence-electron chi connectivity index (χ3n) is 3.54. The van der Waals surface area contributed by atoms with E-state index in [0.717, 1.165) is 10.9 Å². The van der Waals surface area contributed by atoms with Crippen molar-refractivity contribution in [2.75, 3.05) is 19.3 Å². The van der Waals surface area contributed by atoms with Gasteiger partial charge in [-0.2, -0.15) is 0 Å². The molecule has 1 spiro atoms. The lowest BCUT2D eigenvalue weighted by Crippen LogP contribution is -2.45. The quantitative estimate of drug-likeness (QED) is 0.804. The first-order chi connectivity index (χ1) is 8.24. The van der Waals surface area contributed by atoms with Crippen LogP contribution in [-0.4, -0.2) is 36.0 Å². The van der Waals surface area contributed by atoms with Crippen LogP contribution < -0.4 is 10.6 Å². The van der Waals surface area contributed by atoms with Gasteiger partial charge in [0.2, 0.25) is 5.91 Å². The Bertz CT molecular complexity index is 311. The van der Waals surface area contributed by atoms with E-state index in [9.17, 15) is 4.79 Å². The predicted octanol–water partition coefficient (Wildman–Crippen LogP) is 1.52. The summed E-state index contributed by atoms with van der Waals surface area (Å²) in [5, 5.41) is 7.23. The van der Waals surface area contributed by atoms with E-state index in [2.05, 4.69) is 15.6 Å². The lowest BCUT2D eigenvalue weighted by Gasteiger charge is -2.32. The highest BCUT2D eigenvalue weighted by Gasteiger charge is 2.37. The van der Waals surface area contributed by atoms with E-state index in [0.29, 0.717) is 18.5 Å². The maximum Gasteiger partial charge on any atom is 0.221 e. The molecule has 0 aromatic rings. The van der Waals surface area contributed by atoms with Gasteiger partial charge >= 0.3 is 0 Å². The summed E-state index contributed by atoms with van der Waals surface area (Å²) in [6.07, 6.45) is 7.06. The number of nitrogens with one attached hydrogen (secondary N) is 2. The summed E-state index contributed by atoms with van der Waals surface area (Å²) in [4.78, 5) is 15.5. The summed E-state index contributed by atoms with van der Waals surface area (Å²) >= 11 is 1.81. The van der Waals surface area contributed by atoms with Gasteiger partial charge in [-0.3, -0.25) is 9.79 Å². The van der Waals surface area contributed by atoms with Gasteiger partial charge in [-0.25, -0.2) is 0 Å². The molecule has 2 aliphatic rings. The highest BCUT2D eigenvalue weighted by atomic mass is 32.2. The van der Waals surface area contributed by atoms with Gasteiger partial charge in [0.25, 0.3) is 0 Å². The summed E-state index contributed by atoms with van der Waals surface area (Å²) in [6, 6.07) is 0. The first-order valence-corrected chi connectivity index (χ1v) is 7.39. The number of thioether (sulfide) groups is 1. The van der Waals surface area contributed by atoms with Crippen LogP contribution >= 0.6 is 11.8 Å². The van der Waals surface area contributed by atoms with Gasteiger partial charge < -0.3 is 10.6 Å². The molecule has 17 heavy (non-hydrogen) atoms. The summed E-state index contributed by atoms with van der Waals surface area (Å²) in [5.41, 5.74) is 0.314. The molecule has 2 fully saturated rings. The molecule has 1 aliphatic carbocycles. The molecule has 0 radical (unpaired) electrons. The maximum absolute atomic E-state index is 11.1. The molecule has 1 heterocycles. The van der Waals surface area contributed by atoms with E-state index >= 15 is 0 Å². The Morgan fingerprint density at radius 2 is 2.24 bits per heavy atom. The van der Waals surface area contributed by atoms with Gasteiger partial charge in [0.05, 0.1) is 6.54 Å². The Hall–Kier alpha value is -0.710. The van der Waals surface area contributed by atoms with Gasteiger partial charge in [0.15, 0.2) is 5.17 Å². The van der Waals surface area contributed by atoms with Gasteiger partial charge in [-0.05, 0) is 12.8 Å². The number of hydrogen-bond donors (Lipinski definition) is 2. The molecule has 2 N–H and O–H groups in total. The third kappa shape index (κ3) is 3.37. The van der Waals surface area contributed by atoms with Crippen LogP contribution in [0.5, 0.6) is 0 Å². The number of aliphatic imine (C=N–C) groups is 1.